The van der Waals surface area contributed by atoms with Crippen LogP contribution in [0.5, 0.6) is 0 Å². The van der Waals surface area contributed by atoms with Crippen molar-refractivity contribution in [1.82, 2.24) is 4.90 Å². The Kier molecular flexibility index (Phi) is 5.53. The zero-order valence-electron chi connectivity index (χ0n) is 7.16. The Morgan fingerprint density at radius 1 is 1.50 bits per heavy atom. The Morgan fingerprint density at radius 3 is 2.58 bits per heavy atom. The van der Waals surface area contributed by atoms with Crippen LogP contribution >= 0.6 is 0 Å². The molecular formula is C7H10NNaO3-. The van der Waals surface area contributed by atoms with E-state index in [4.69, 9.17) is 0 Å². The molecule has 4 nitrogen and oxygen atoms in total. The van der Waals surface area contributed by atoms with Crippen molar-refractivity contribution in [3.8, 4) is 0 Å². The number of carboxylic acids is 1. The first kappa shape index (κ1) is 11.9. The van der Waals surface area contributed by atoms with Gasteiger partial charge in [-0.05, 0) is 19.3 Å². The summed E-state index contributed by atoms with van der Waals surface area (Å²) in [6.07, 6.45) is 2.87. The minimum Gasteiger partial charge on any atom is -0.548 e. The average molecular weight is 179 g/mol. The van der Waals surface area contributed by atoms with Crippen molar-refractivity contribution >= 4 is 41.9 Å². The van der Waals surface area contributed by atoms with Crippen molar-refractivity contribution in [2.45, 2.75) is 25.3 Å². The molecule has 1 atom stereocenters. The Bertz CT molecular complexity index is 174. The molecule has 0 aliphatic carbocycles. The molecule has 1 fully saturated rings. The van der Waals surface area contributed by atoms with E-state index in [0.29, 0.717) is 19.4 Å². The molecule has 1 unspecified atom stereocenters. The molecule has 0 saturated carbocycles. The summed E-state index contributed by atoms with van der Waals surface area (Å²) in [7, 11) is 0. The van der Waals surface area contributed by atoms with Crippen LogP contribution in [0, 0.1) is 0 Å². The molecule has 1 radical (unpaired) electrons. The van der Waals surface area contributed by atoms with Gasteiger partial charge in [0.1, 0.15) is 0 Å². The summed E-state index contributed by atoms with van der Waals surface area (Å²) in [6, 6.07) is -0.693. The molecule has 0 N–H and O–H groups in total. The predicted octanol–water partition coefficient (Wildman–Crippen LogP) is -1.63. The normalized spacial score (nSPS) is 22.7. The third-order valence-corrected chi connectivity index (χ3v) is 1.95. The molecule has 0 bridgehead atoms. The number of amides is 1. The Balaban J connectivity index is 0.00000121. The standard InChI is InChI=1S/C7H11NO3.Na/c9-5-8-4-2-1-3-6(8)7(10)11;/h5-6H,1-4H2,(H,10,11);/p-1. The van der Waals surface area contributed by atoms with Crippen LogP contribution in [0.2, 0.25) is 0 Å². The van der Waals surface area contributed by atoms with Gasteiger partial charge in [0, 0.05) is 36.1 Å². The van der Waals surface area contributed by atoms with Gasteiger partial charge in [-0.1, -0.05) is 0 Å². The second-order valence-corrected chi connectivity index (χ2v) is 2.67. The van der Waals surface area contributed by atoms with Gasteiger partial charge in [-0.2, -0.15) is 0 Å². The first-order valence-corrected chi connectivity index (χ1v) is 3.67. The Morgan fingerprint density at radius 2 is 2.17 bits per heavy atom. The molecule has 12 heavy (non-hydrogen) atoms. The van der Waals surface area contributed by atoms with Gasteiger partial charge in [-0.3, -0.25) is 4.79 Å². The number of carboxylic acid groups (broad SMARTS) is 1. The molecular weight excluding hydrogens is 169 g/mol. The second-order valence-electron chi connectivity index (χ2n) is 2.67. The summed E-state index contributed by atoms with van der Waals surface area (Å²) in [6.45, 7) is 0.544. The molecule has 1 aliphatic rings. The molecule has 63 valence electrons. The number of carbonyl (C=O) groups is 2. The molecule has 0 spiro atoms. The third-order valence-electron chi connectivity index (χ3n) is 1.95. The number of rotatable bonds is 2. The smallest absolute Gasteiger partial charge is 0.210 e. The SMILES string of the molecule is O=CN1CCCCC1C(=O)[O-].[Na]. The van der Waals surface area contributed by atoms with Crippen LogP contribution < -0.4 is 5.11 Å². The van der Waals surface area contributed by atoms with Crippen molar-refractivity contribution in [3.05, 3.63) is 0 Å². The van der Waals surface area contributed by atoms with Crippen molar-refractivity contribution < 1.29 is 14.7 Å². The number of hydrogen-bond acceptors (Lipinski definition) is 3. The zero-order valence-corrected chi connectivity index (χ0v) is 9.16. The maximum atomic E-state index is 10.4. The van der Waals surface area contributed by atoms with Crippen LogP contribution in [0.4, 0.5) is 0 Å². The maximum absolute atomic E-state index is 10.4. The van der Waals surface area contributed by atoms with E-state index in [1.807, 2.05) is 0 Å². The summed E-state index contributed by atoms with van der Waals surface area (Å²) in [5.41, 5.74) is 0. The van der Waals surface area contributed by atoms with Gasteiger partial charge in [0.2, 0.25) is 6.41 Å². The fourth-order valence-electron chi connectivity index (χ4n) is 1.33. The van der Waals surface area contributed by atoms with Crippen LogP contribution in [-0.4, -0.2) is 59.4 Å². The van der Waals surface area contributed by atoms with Crippen LogP contribution in [-0.2, 0) is 9.59 Å². The minimum absolute atomic E-state index is 0. The largest absolute Gasteiger partial charge is 0.548 e. The molecule has 1 heterocycles. The van der Waals surface area contributed by atoms with Crippen LogP contribution in [0.15, 0.2) is 0 Å². The topological polar surface area (TPSA) is 60.4 Å². The van der Waals surface area contributed by atoms with Gasteiger partial charge in [0.05, 0.1) is 12.0 Å². The van der Waals surface area contributed by atoms with Crippen molar-refractivity contribution in [2.24, 2.45) is 0 Å². The fraction of sp³-hybridized carbons (Fsp3) is 0.714. The van der Waals surface area contributed by atoms with E-state index in [-0.39, 0.29) is 29.6 Å². The second kappa shape index (κ2) is 5.56. The van der Waals surface area contributed by atoms with E-state index in [1.54, 1.807) is 0 Å². The number of aliphatic carboxylic acids is 1. The molecule has 1 saturated heterocycles. The van der Waals surface area contributed by atoms with Crippen LogP contribution in [0.3, 0.4) is 0 Å². The third kappa shape index (κ3) is 2.77. The van der Waals surface area contributed by atoms with Gasteiger partial charge in [-0.25, -0.2) is 0 Å². The minimum atomic E-state index is -1.14. The molecule has 5 heteroatoms. The Labute approximate surface area is 93.2 Å². The van der Waals surface area contributed by atoms with E-state index in [9.17, 15) is 14.7 Å². The number of piperidine rings is 1. The number of nitrogens with zero attached hydrogens (tertiary/aromatic N) is 1. The quantitative estimate of drug-likeness (QED) is 0.377. The number of likely N-dealkylation sites (tertiary alicyclic amines) is 1. The molecule has 1 rings (SSSR count). The van der Waals surface area contributed by atoms with Gasteiger partial charge in [0.15, 0.2) is 0 Å². The van der Waals surface area contributed by atoms with E-state index in [0.717, 1.165) is 12.8 Å². The zero-order chi connectivity index (χ0) is 8.27. The van der Waals surface area contributed by atoms with Crippen molar-refractivity contribution in [2.75, 3.05) is 6.54 Å². The van der Waals surface area contributed by atoms with E-state index < -0.39 is 12.0 Å². The van der Waals surface area contributed by atoms with Gasteiger partial charge >= 0.3 is 0 Å². The predicted molar refractivity (Wildman–Crippen MR) is 41.2 cm³/mol. The molecule has 0 aromatic carbocycles. The van der Waals surface area contributed by atoms with Gasteiger partial charge < -0.3 is 14.8 Å². The van der Waals surface area contributed by atoms with Crippen LogP contribution in [0.1, 0.15) is 19.3 Å². The fourth-order valence-corrected chi connectivity index (χ4v) is 1.33. The summed E-state index contributed by atoms with van der Waals surface area (Å²) in [5, 5.41) is 10.4. The summed E-state index contributed by atoms with van der Waals surface area (Å²) in [5.74, 6) is -1.14. The van der Waals surface area contributed by atoms with Gasteiger partial charge in [-0.15, -0.1) is 0 Å². The van der Waals surface area contributed by atoms with Crippen LogP contribution in [0.25, 0.3) is 0 Å². The average Bonchev–Trinajstić information content (AvgIpc) is 2.04. The summed E-state index contributed by atoms with van der Waals surface area (Å²) < 4.78 is 0. The first-order valence-electron chi connectivity index (χ1n) is 3.67. The molecule has 0 aromatic heterocycles. The number of hydrogen-bond donors (Lipinski definition) is 0. The molecule has 1 amide bonds. The maximum Gasteiger partial charge on any atom is 0.210 e. The summed E-state index contributed by atoms with van der Waals surface area (Å²) >= 11 is 0. The number of carbonyl (C=O) groups excluding carboxylic acids is 2. The van der Waals surface area contributed by atoms with Gasteiger partial charge in [0.25, 0.3) is 0 Å². The first-order chi connectivity index (χ1) is 5.25. The van der Waals surface area contributed by atoms with E-state index >= 15 is 0 Å². The van der Waals surface area contributed by atoms with E-state index in [1.165, 1.54) is 4.90 Å². The van der Waals surface area contributed by atoms with E-state index in [2.05, 4.69) is 0 Å². The van der Waals surface area contributed by atoms with Crippen molar-refractivity contribution in [3.63, 3.8) is 0 Å². The molecule has 1 aliphatic heterocycles. The Hall–Kier alpha value is -0.0600. The summed E-state index contributed by atoms with van der Waals surface area (Å²) in [4.78, 5) is 22.0. The monoisotopic (exact) mass is 179 g/mol. The van der Waals surface area contributed by atoms with Crippen molar-refractivity contribution in [1.29, 1.82) is 0 Å². The molecule has 0 aromatic rings.